The molecule has 0 saturated carbocycles. The number of unbranched alkanes of at least 4 members (excludes halogenated alkanes) is 3. The van der Waals surface area contributed by atoms with Crippen LogP contribution in [0.25, 0.3) is 11.3 Å². The van der Waals surface area contributed by atoms with Gasteiger partial charge < -0.3 is 5.73 Å². The largest absolute Gasteiger partial charge is 0.416 e. The Balaban J connectivity index is 1.90. The van der Waals surface area contributed by atoms with E-state index in [0.29, 0.717) is 13.0 Å². The van der Waals surface area contributed by atoms with Gasteiger partial charge in [-0.3, -0.25) is 9.69 Å². The minimum absolute atomic E-state index is 0.0560. The number of aromatic nitrogens is 1. The summed E-state index contributed by atoms with van der Waals surface area (Å²) in [5, 5.41) is 1.69. The Morgan fingerprint density at radius 3 is 2.33 bits per heavy atom. The van der Waals surface area contributed by atoms with Crippen molar-refractivity contribution in [2.75, 3.05) is 11.4 Å². The number of alkyl halides is 3. The van der Waals surface area contributed by atoms with Gasteiger partial charge in [0.1, 0.15) is 11.6 Å². The molecule has 176 valence electrons. The van der Waals surface area contributed by atoms with Crippen LogP contribution in [0.4, 0.5) is 32.8 Å². The van der Waals surface area contributed by atoms with Gasteiger partial charge in [0.25, 0.3) is 0 Å². The van der Waals surface area contributed by atoms with Crippen molar-refractivity contribution in [3.05, 3.63) is 65.0 Å². The fourth-order valence-corrected chi connectivity index (χ4v) is 4.09. The predicted octanol–water partition coefficient (Wildman–Crippen LogP) is 6.68. The summed E-state index contributed by atoms with van der Waals surface area (Å²) in [4.78, 5) is 18.6. The molecular formula is C23H22F5N3OS. The Hall–Kier alpha value is -2.85. The summed E-state index contributed by atoms with van der Waals surface area (Å²) < 4.78 is 66.3. The Labute approximate surface area is 191 Å². The lowest BCUT2D eigenvalue weighted by molar-refractivity contribution is -0.137. The molecule has 2 N–H and O–H groups in total. The molecule has 2 aromatic carbocycles. The van der Waals surface area contributed by atoms with Gasteiger partial charge in [0.2, 0.25) is 5.91 Å². The van der Waals surface area contributed by atoms with Gasteiger partial charge in [-0.25, -0.2) is 13.8 Å². The van der Waals surface area contributed by atoms with E-state index >= 15 is 0 Å². The Morgan fingerprint density at radius 2 is 1.70 bits per heavy atom. The van der Waals surface area contributed by atoms with E-state index in [1.807, 2.05) is 0 Å². The Bertz CT molecular complexity index is 1080. The highest BCUT2D eigenvalue weighted by molar-refractivity contribution is 7.14. The molecule has 3 rings (SSSR count). The number of hydrogen-bond acceptors (Lipinski definition) is 4. The number of amides is 1. The minimum atomic E-state index is -4.51. The molecule has 4 nitrogen and oxygen atoms in total. The van der Waals surface area contributed by atoms with Gasteiger partial charge in [0.15, 0.2) is 5.13 Å². The second-order valence-corrected chi connectivity index (χ2v) is 8.20. The van der Waals surface area contributed by atoms with Crippen molar-refractivity contribution in [3.63, 3.8) is 0 Å². The molecule has 1 aromatic heterocycles. The van der Waals surface area contributed by atoms with Gasteiger partial charge >= 0.3 is 6.18 Å². The number of rotatable bonds is 9. The molecule has 0 radical (unpaired) electrons. The van der Waals surface area contributed by atoms with Gasteiger partial charge in [0, 0.05) is 23.4 Å². The van der Waals surface area contributed by atoms with Crippen LogP contribution in [-0.4, -0.2) is 17.4 Å². The molecule has 0 saturated heterocycles. The summed E-state index contributed by atoms with van der Waals surface area (Å²) in [6, 6.07) is 7.26. The van der Waals surface area contributed by atoms with Crippen molar-refractivity contribution in [3.8, 4) is 11.3 Å². The van der Waals surface area contributed by atoms with E-state index in [0.717, 1.165) is 54.9 Å². The number of benzene rings is 2. The smallest absolute Gasteiger partial charge is 0.330 e. The number of hydrogen-bond donors (Lipinski definition) is 1. The van der Waals surface area contributed by atoms with E-state index in [1.165, 1.54) is 28.5 Å². The van der Waals surface area contributed by atoms with E-state index in [-0.39, 0.29) is 34.4 Å². The number of anilines is 2. The molecule has 1 heterocycles. The molecule has 0 atom stereocenters. The topological polar surface area (TPSA) is 59.2 Å². The molecule has 0 aliphatic rings. The molecular weight excluding hydrogens is 461 g/mol. The molecule has 0 aliphatic heterocycles. The number of carbonyl (C=O) groups excluding carboxylic acids is 1. The average Bonchev–Trinajstić information content (AvgIpc) is 3.22. The molecule has 33 heavy (non-hydrogen) atoms. The average molecular weight is 484 g/mol. The predicted molar refractivity (Wildman–Crippen MR) is 118 cm³/mol. The van der Waals surface area contributed by atoms with Crippen LogP contribution in [0.3, 0.4) is 0 Å². The van der Waals surface area contributed by atoms with Gasteiger partial charge in [-0.2, -0.15) is 13.2 Å². The maximum Gasteiger partial charge on any atom is 0.416 e. The monoisotopic (exact) mass is 483 g/mol. The zero-order chi connectivity index (χ0) is 24.0. The van der Waals surface area contributed by atoms with Crippen molar-refractivity contribution in [2.24, 2.45) is 5.73 Å². The summed E-state index contributed by atoms with van der Waals surface area (Å²) in [6.07, 6.45) is -1.27. The van der Waals surface area contributed by atoms with Crippen molar-refractivity contribution >= 4 is 28.1 Å². The summed E-state index contributed by atoms with van der Waals surface area (Å²) >= 11 is 1.04. The van der Waals surface area contributed by atoms with E-state index in [2.05, 4.69) is 4.98 Å². The Kier molecular flexibility index (Phi) is 8.15. The third kappa shape index (κ3) is 6.35. The van der Waals surface area contributed by atoms with Crippen LogP contribution in [0.1, 0.15) is 37.7 Å². The normalized spacial score (nSPS) is 11.6. The van der Waals surface area contributed by atoms with Crippen molar-refractivity contribution < 1.29 is 26.7 Å². The Morgan fingerprint density at radius 1 is 1.00 bits per heavy atom. The first-order chi connectivity index (χ1) is 15.7. The third-order valence-corrected chi connectivity index (χ3v) is 5.76. The maximum atomic E-state index is 14.2. The van der Waals surface area contributed by atoms with Crippen LogP contribution in [-0.2, 0) is 11.0 Å². The van der Waals surface area contributed by atoms with Gasteiger partial charge in [0.05, 0.1) is 16.9 Å². The third-order valence-electron chi connectivity index (χ3n) is 4.94. The van der Waals surface area contributed by atoms with Gasteiger partial charge in [-0.1, -0.05) is 12.8 Å². The highest BCUT2D eigenvalue weighted by atomic mass is 32.1. The summed E-state index contributed by atoms with van der Waals surface area (Å²) in [5.41, 5.74) is 5.10. The van der Waals surface area contributed by atoms with Crippen LogP contribution >= 0.6 is 11.3 Å². The zero-order valence-electron chi connectivity index (χ0n) is 17.5. The van der Waals surface area contributed by atoms with Gasteiger partial charge in [-0.05, 0) is 55.8 Å². The number of carbonyl (C=O) groups is 1. The van der Waals surface area contributed by atoms with E-state index in [9.17, 15) is 26.7 Å². The molecule has 3 aromatic rings. The number of nitrogens with two attached hydrogens (primary N) is 1. The van der Waals surface area contributed by atoms with E-state index in [1.54, 1.807) is 0 Å². The first kappa shape index (κ1) is 24.8. The molecule has 0 bridgehead atoms. The van der Waals surface area contributed by atoms with E-state index in [4.69, 9.17) is 5.73 Å². The molecule has 0 aliphatic carbocycles. The van der Waals surface area contributed by atoms with Crippen molar-refractivity contribution in [1.82, 2.24) is 4.98 Å². The second kappa shape index (κ2) is 10.8. The van der Waals surface area contributed by atoms with Crippen LogP contribution in [0.2, 0.25) is 0 Å². The summed E-state index contributed by atoms with van der Waals surface area (Å²) in [5.74, 6) is -1.88. The zero-order valence-corrected chi connectivity index (χ0v) is 18.4. The fourth-order valence-electron chi connectivity index (χ4n) is 3.23. The molecule has 0 fully saturated rings. The second-order valence-electron chi connectivity index (χ2n) is 7.37. The standard InChI is InChI=1S/C23H22F5N3OS/c24-16-8-11-18(19(25)13-16)20-14-33-22(30-20)31(21(32)5-3-1-2-4-12-29)17-9-6-15(7-10-17)23(26,27)28/h6-11,13-14H,1-5,12,29H2. The highest BCUT2D eigenvalue weighted by Gasteiger charge is 2.31. The van der Waals surface area contributed by atoms with Crippen molar-refractivity contribution in [1.29, 1.82) is 0 Å². The molecule has 1 amide bonds. The molecule has 0 spiro atoms. The van der Waals surface area contributed by atoms with Crippen molar-refractivity contribution in [2.45, 2.75) is 38.3 Å². The van der Waals surface area contributed by atoms with Gasteiger partial charge in [-0.15, -0.1) is 11.3 Å². The number of halogens is 5. The quantitative estimate of drug-likeness (QED) is 0.273. The van der Waals surface area contributed by atoms with Crippen LogP contribution in [0, 0.1) is 11.6 Å². The fraction of sp³-hybridized carbons (Fsp3) is 0.304. The van der Waals surface area contributed by atoms with Crippen LogP contribution in [0.15, 0.2) is 47.8 Å². The van der Waals surface area contributed by atoms with E-state index < -0.39 is 23.4 Å². The van der Waals surface area contributed by atoms with Crippen LogP contribution in [0.5, 0.6) is 0 Å². The highest BCUT2D eigenvalue weighted by Crippen LogP contribution is 2.36. The first-order valence-electron chi connectivity index (χ1n) is 10.3. The number of thiazole rings is 1. The SMILES string of the molecule is NCCCCCCC(=O)N(c1ccc(C(F)(F)F)cc1)c1nc(-c2ccc(F)cc2F)cs1. The minimum Gasteiger partial charge on any atom is -0.330 e. The maximum absolute atomic E-state index is 14.2. The lowest BCUT2D eigenvalue weighted by atomic mass is 10.1. The van der Waals surface area contributed by atoms with Crippen LogP contribution < -0.4 is 10.6 Å². The summed E-state index contributed by atoms with van der Waals surface area (Å²) in [7, 11) is 0. The number of nitrogens with zero attached hydrogens (tertiary/aromatic N) is 2. The lowest BCUT2D eigenvalue weighted by Crippen LogP contribution is -2.25. The summed E-state index contributed by atoms with van der Waals surface area (Å²) in [6.45, 7) is 0.563. The molecule has 0 unspecified atom stereocenters. The lowest BCUT2D eigenvalue weighted by Gasteiger charge is -2.21. The first-order valence-corrected chi connectivity index (χ1v) is 11.2. The molecule has 10 heteroatoms.